The Labute approximate surface area is 123 Å². The topological polar surface area (TPSA) is 70.5 Å². The zero-order valence-electron chi connectivity index (χ0n) is 12.5. The van der Waals surface area contributed by atoms with Gasteiger partial charge in [0.15, 0.2) is 0 Å². The predicted molar refractivity (Wildman–Crippen MR) is 76.9 cm³/mol. The van der Waals surface area contributed by atoms with Crippen molar-refractivity contribution in [3.8, 4) is 0 Å². The summed E-state index contributed by atoms with van der Waals surface area (Å²) in [5.41, 5.74) is 2.14. The second kappa shape index (κ2) is 5.38. The number of urea groups is 1. The van der Waals surface area contributed by atoms with Gasteiger partial charge in [0.2, 0.25) is 5.91 Å². The Morgan fingerprint density at radius 3 is 2.86 bits per heavy atom. The van der Waals surface area contributed by atoms with E-state index in [-0.39, 0.29) is 24.5 Å². The summed E-state index contributed by atoms with van der Waals surface area (Å²) in [4.78, 5) is 27.2. The molecule has 3 rings (SSSR count). The maximum atomic E-state index is 12.3. The van der Waals surface area contributed by atoms with Crippen LogP contribution >= 0.6 is 0 Å². The van der Waals surface area contributed by atoms with Gasteiger partial charge in [0.25, 0.3) is 0 Å². The molecule has 1 unspecified atom stereocenters. The van der Waals surface area contributed by atoms with Crippen molar-refractivity contribution in [2.45, 2.75) is 26.3 Å². The van der Waals surface area contributed by atoms with E-state index in [1.54, 1.807) is 4.90 Å². The molecule has 1 atom stereocenters. The Bertz CT molecular complexity index is 568. The third-order valence-electron chi connectivity index (χ3n) is 4.18. The molecule has 0 radical (unpaired) electrons. The highest BCUT2D eigenvalue weighted by atomic mass is 16.2. The summed E-state index contributed by atoms with van der Waals surface area (Å²) in [7, 11) is 0. The van der Waals surface area contributed by atoms with Crippen molar-refractivity contribution in [2.75, 3.05) is 32.7 Å². The van der Waals surface area contributed by atoms with Crippen molar-refractivity contribution in [2.24, 2.45) is 0 Å². The van der Waals surface area contributed by atoms with Crippen molar-refractivity contribution in [3.05, 3.63) is 17.5 Å². The van der Waals surface area contributed by atoms with E-state index in [1.807, 2.05) is 23.4 Å². The van der Waals surface area contributed by atoms with Gasteiger partial charge in [0, 0.05) is 31.9 Å². The molecule has 1 N–H and O–H groups in total. The van der Waals surface area contributed by atoms with Crippen LogP contribution < -0.4 is 5.32 Å². The molecule has 2 fully saturated rings. The monoisotopic (exact) mass is 291 g/mol. The second-order valence-corrected chi connectivity index (χ2v) is 5.81. The van der Waals surface area contributed by atoms with Crippen LogP contribution in [0.5, 0.6) is 0 Å². The van der Waals surface area contributed by atoms with Gasteiger partial charge in [0.05, 0.1) is 11.7 Å². The third-order valence-corrected chi connectivity index (χ3v) is 4.18. The molecule has 1 aromatic rings. The number of rotatable bonds is 3. The van der Waals surface area contributed by atoms with Gasteiger partial charge < -0.3 is 15.1 Å². The van der Waals surface area contributed by atoms with Gasteiger partial charge in [-0.05, 0) is 26.3 Å². The van der Waals surface area contributed by atoms with E-state index >= 15 is 0 Å². The normalized spacial score (nSPS) is 22.0. The van der Waals surface area contributed by atoms with Gasteiger partial charge in [0.1, 0.15) is 6.54 Å². The Morgan fingerprint density at radius 2 is 2.24 bits per heavy atom. The van der Waals surface area contributed by atoms with Crippen molar-refractivity contribution in [1.82, 2.24) is 24.9 Å². The van der Waals surface area contributed by atoms with Gasteiger partial charge >= 0.3 is 6.03 Å². The summed E-state index contributed by atoms with van der Waals surface area (Å²) in [5, 5.41) is 7.22. The SMILES string of the molecule is Cc1cc(C)n(C2CCN(C(=O)CN3CCNC3=O)C2)n1. The maximum absolute atomic E-state index is 12.3. The van der Waals surface area contributed by atoms with Crippen molar-refractivity contribution >= 4 is 11.9 Å². The molecule has 3 heterocycles. The van der Waals surface area contributed by atoms with Crippen LogP contribution in [0.2, 0.25) is 0 Å². The van der Waals surface area contributed by atoms with Gasteiger partial charge in [-0.1, -0.05) is 0 Å². The molecule has 2 aliphatic heterocycles. The number of likely N-dealkylation sites (tertiary alicyclic amines) is 1. The molecule has 2 saturated heterocycles. The number of aryl methyl sites for hydroxylation is 2. The smallest absolute Gasteiger partial charge is 0.317 e. The highest BCUT2D eigenvalue weighted by Gasteiger charge is 2.31. The molecule has 21 heavy (non-hydrogen) atoms. The first-order valence-electron chi connectivity index (χ1n) is 7.38. The maximum Gasteiger partial charge on any atom is 0.317 e. The van der Waals surface area contributed by atoms with E-state index in [2.05, 4.69) is 16.5 Å². The lowest BCUT2D eigenvalue weighted by Gasteiger charge is -2.20. The third kappa shape index (κ3) is 2.72. The fraction of sp³-hybridized carbons (Fsp3) is 0.643. The lowest BCUT2D eigenvalue weighted by atomic mass is 10.2. The molecule has 7 nitrogen and oxygen atoms in total. The molecule has 3 amide bonds. The fourth-order valence-corrected chi connectivity index (χ4v) is 3.11. The molecule has 0 aliphatic carbocycles. The molecule has 0 bridgehead atoms. The number of carbonyl (C=O) groups excluding carboxylic acids is 2. The molecule has 2 aliphatic rings. The van der Waals surface area contributed by atoms with E-state index in [0.29, 0.717) is 19.6 Å². The van der Waals surface area contributed by atoms with E-state index in [4.69, 9.17) is 0 Å². The van der Waals surface area contributed by atoms with Gasteiger partial charge in [-0.25, -0.2) is 4.79 Å². The number of amides is 3. The number of nitrogens with zero attached hydrogens (tertiary/aromatic N) is 4. The average Bonchev–Trinajstić information content (AvgIpc) is 3.12. The van der Waals surface area contributed by atoms with E-state index in [0.717, 1.165) is 24.4 Å². The van der Waals surface area contributed by atoms with Gasteiger partial charge in [-0.2, -0.15) is 5.10 Å². The van der Waals surface area contributed by atoms with Gasteiger partial charge in [-0.3, -0.25) is 9.48 Å². The molecule has 114 valence electrons. The number of aromatic nitrogens is 2. The van der Waals surface area contributed by atoms with E-state index < -0.39 is 0 Å². The highest BCUT2D eigenvalue weighted by molar-refractivity contribution is 5.85. The van der Waals surface area contributed by atoms with E-state index in [9.17, 15) is 9.59 Å². The van der Waals surface area contributed by atoms with Crippen molar-refractivity contribution in [1.29, 1.82) is 0 Å². The predicted octanol–water partition coefficient (Wildman–Crippen LogP) is 0.299. The molecule has 0 saturated carbocycles. The quantitative estimate of drug-likeness (QED) is 0.870. The van der Waals surface area contributed by atoms with Crippen LogP contribution in [0.15, 0.2) is 6.07 Å². The van der Waals surface area contributed by atoms with Crippen LogP contribution in [-0.4, -0.2) is 64.2 Å². The van der Waals surface area contributed by atoms with Crippen LogP contribution in [-0.2, 0) is 4.79 Å². The number of nitrogens with one attached hydrogen (secondary N) is 1. The van der Waals surface area contributed by atoms with Crippen LogP contribution in [0.4, 0.5) is 4.79 Å². The summed E-state index contributed by atoms with van der Waals surface area (Å²) in [6.45, 7) is 6.84. The Balaban J connectivity index is 1.60. The summed E-state index contributed by atoms with van der Waals surface area (Å²) >= 11 is 0. The minimum atomic E-state index is -0.141. The summed E-state index contributed by atoms with van der Waals surface area (Å²) < 4.78 is 2.02. The molecule has 7 heteroatoms. The average molecular weight is 291 g/mol. The Kier molecular flexibility index (Phi) is 3.57. The minimum absolute atomic E-state index is 0.0241. The first-order valence-corrected chi connectivity index (χ1v) is 7.38. The molecule has 0 aromatic carbocycles. The van der Waals surface area contributed by atoms with Crippen molar-refractivity contribution in [3.63, 3.8) is 0 Å². The number of hydrogen-bond donors (Lipinski definition) is 1. The zero-order valence-corrected chi connectivity index (χ0v) is 12.5. The summed E-state index contributed by atoms with van der Waals surface area (Å²) in [5.74, 6) is 0.0241. The molecular weight excluding hydrogens is 270 g/mol. The Morgan fingerprint density at radius 1 is 1.43 bits per heavy atom. The summed E-state index contributed by atoms with van der Waals surface area (Å²) in [6.07, 6.45) is 0.917. The van der Waals surface area contributed by atoms with E-state index in [1.165, 1.54) is 0 Å². The lowest BCUT2D eigenvalue weighted by molar-refractivity contribution is -0.130. The summed E-state index contributed by atoms with van der Waals surface area (Å²) in [6, 6.07) is 2.16. The standard InChI is InChI=1S/C14H21N5O2/c1-10-7-11(2)19(16-10)12-3-5-17(8-12)13(20)9-18-6-4-15-14(18)21/h7,12H,3-6,8-9H2,1-2H3,(H,15,21). The van der Waals surface area contributed by atoms with Gasteiger partial charge in [-0.15, -0.1) is 0 Å². The fourth-order valence-electron chi connectivity index (χ4n) is 3.11. The van der Waals surface area contributed by atoms with Crippen molar-refractivity contribution < 1.29 is 9.59 Å². The molecule has 0 spiro atoms. The van der Waals surface area contributed by atoms with Crippen LogP contribution in [0.1, 0.15) is 23.9 Å². The van der Waals surface area contributed by atoms with Crippen LogP contribution in [0.25, 0.3) is 0 Å². The largest absolute Gasteiger partial charge is 0.339 e. The van der Waals surface area contributed by atoms with Crippen LogP contribution in [0.3, 0.4) is 0 Å². The minimum Gasteiger partial charge on any atom is -0.339 e. The molecular formula is C14H21N5O2. The highest BCUT2D eigenvalue weighted by Crippen LogP contribution is 2.23. The number of hydrogen-bond acceptors (Lipinski definition) is 3. The molecule has 1 aromatic heterocycles. The first-order chi connectivity index (χ1) is 10.0. The second-order valence-electron chi connectivity index (χ2n) is 5.81. The number of carbonyl (C=O) groups is 2. The lowest BCUT2D eigenvalue weighted by Crippen LogP contribution is -2.40. The Hall–Kier alpha value is -2.05. The van der Waals surface area contributed by atoms with Crippen LogP contribution in [0, 0.1) is 13.8 Å². The first kappa shape index (κ1) is 13.9. The zero-order chi connectivity index (χ0) is 15.0.